The molecule has 0 spiro atoms. The minimum absolute atomic E-state index is 0.0348. The van der Waals surface area contributed by atoms with Crippen LogP contribution < -0.4 is 27.4 Å². The van der Waals surface area contributed by atoms with Crippen LogP contribution in [0.5, 0.6) is 0 Å². The smallest absolute Gasteiger partial charge is 0.325 e. The molecule has 184 valence electrons. The molecule has 34 heavy (non-hydrogen) atoms. The van der Waals surface area contributed by atoms with E-state index in [0.717, 1.165) is 10.9 Å². The van der Waals surface area contributed by atoms with Crippen molar-refractivity contribution < 1.29 is 29.1 Å². The third kappa shape index (κ3) is 7.22. The third-order valence-electron chi connectivity index (χ3n) is 5.03. The van der Waals surface area contributed by atoms with E-state index in [1.54, 1.807) is 6.20 Å². The Morgan fingerprint density at radius 3 is 2.26 bits per heavy atom. The number of hydrogen-bond acceptors (Lipinski definition) is 7. The number of rotatable bonds is 12. The summed E-state index contributed by atoms with van der Waals surface area (Å²) in [5, 5.41) is 17.0. The van der Waals surface area contributed by atoms with Gasteiger partial charge < -0.3 is 37.5 Å². The van der Waals surface area contributed by atoms with Crippen molar-refractivity contribution in [2.75, 3.05) is 5.75 Å². The molecule has 0 fully saturated rings. The average Bonchev–Trinajstić information content (AvgIpc) is 3.19. The van der Waals surface area contributed by atoms with Gasteiger partial charge in [-0.15, -0.1) is 0 Å². The molecule has 2 rings (SSSR count). The molecule has 0 aliphatic carbocycles. The number of carboxylic acid groups (broad SMARTS) is 1. The zero-order valence-corrected chi connectivity index (χ0v) is 19.3. The summed E-state index contributed by atoms with van der Waals surface area (Å²) in [6, 6.07) is 2.48. The van der Waals surface area contributed by atoms with Gasteiger partial charge in [0.2, 0.25) is 23.6 Å². The number of carboxylic acids is 1. The van der Waals surface area contributed by atoms with E-state index in [2.05, 4.69) is 33.6 Å². The van der Waals surface area contributed by atoms with E-state index in [-0.39, 0.29) is 12.2 Å². The second-order valence-electron chi connectivity index (χ2n) is 7.71. The Labute approximate surface area is 200 Å². The van der Waals surface area contributed by atoms with Gasteiger partial charge in [-0.05, 0) is 18.6 Å². The molecule has 0 bridgehead atoms. The normalized spacial score (nSPS) is 14.4. The van der Waals surface area contributed by atoms with Crippen LogP contribution in [0.1, 0.15) is 18.9 Å². The van der Waals surface area contributed by atoms with Gasteiger partial charge in [0, 0.05) is 29.3 Å². The number of thiol groups is 1. The van der Waals surface area contributed by atoms with E-state index in [0.29, 0.717) is 5.56 Å². The zero-order chi connectivity index (χ0) is 25.4. The number of H-pyrrole nitrogens is 1. The van der Waals surface area contributed by atoms with Crippen LogP contribution in [0, 0.1) is 0 Å². The first-order chi connectivity index (χ1) is 16.0. The second-order valence-corrected chi connectivity index (χ2v) is 8.08. The van der Waals surface area contributed by atoms with Gasteiger partial charge in [0.05, 0.1) is 12.5 Å². The Bertz CT molecular complexity index is 1070. The molecule has 0 saturated carbocycles. The minimum Gasteiger partial charge on any atom is -0.480 e. The lowest BCUT2D eigenvalue weighted by molar-refractivity contribution is -0.142. The number of amides is 4. The largest absolute Gasteiger partial charge is 0.480 e. The van der Waals surface area contributed by atoms with Crippen LogP contribution >= 0.6 is 12.6 Å². The Morgan fingerprint density at radius 1 is 1.03 bits per heavy atom. The number of aliphatic carboxylic acids is 1. The number of benzene rings is 1. The number of aromatic amines is 1. The summed E-state index contributed by atoms with van der Waals surface area (Å²) in [4.78, 5) is 63.6. The molecule has 0 saturated heterocycles. The van der Waals surface area contributed by atoms with Crippen LogP contribution in [0.2, 0.25) is 0 Å². The van der Waals surface area contributed by atoms with E-state index in [4.69, 9.17) is 16.6 Å². The number of carbonyl (C=O) groups is 5. The molecule has 2 aromatic rings. The predicted molar refractivity (Wildman–Crippen MR) is 127 cm³/mol. The van der Waals surface area contributed by atoms with Crippen molar-refractivity contribution >= 4 is 53.1 Å². The second kappa shape index (κ2) is 12.0. The zero-order valence-electron chi connectivity index (χ0n) is 18.4. The van der Waals surface area contributed by atoms with Gasteiger partial charge in [0.25, 0.3) is 0 Å². The number of carbonyl (C=O) groups excluding carboxylic acids is 4. The number of nitrogens with one attached hydrogen (secondary N) is 4. The number of nitrogens with two attached hydrogens (primary N) is 2. The monoisotopic (exact) mass is 492 g/mol. The van der Waals surface area contributed by atoms with Crippen molar-refractivity contribution in [1.29, 1.82) is 0 Å². The fourth-order valence-electron chi connectivity index (χ4n) is 3.15. The summed E-state index contributed by atoms with van der Waals surface area (Å²) < 4.78 is 0. The van der Waals surface area contributed by atoms with E-state index < -0.39 is 60.2 Å². The summed E-state index contributed by atoms with van der Waals surface area (Å²) in [6.07, 6.45) is 1.16. The van der Waals surface area contributed by atoms with Crippen LogP contribution in [0.3, 0.4) is 0 Å². The summed E-state index contributed by atoms with van der Waals surface area (Å²) in [5.74, 6) is -4.49. The molecule has 12 nitrogen and oxygen atoms in total. The highest BCUT2D eigenvalue weighted by Crippen LogP contribution is 2.19. The maximum Gasteiger partial charge on any atom is 0.325 e. The lowest BCUT2D eigenvalue weighted by Gasteiger charge is -2.24. The molecule has 4 amide bonds. The van der Waals surface area contributed by atoms with Gasteiger partial charge in [0.15, 0.2) is 0 Å². The van der Waals surface area contributed by atoms with Crippen LogP contribution in [-0.4, -0.2) is 69.6 Å². The summed E-state index contributed by atoms with van der Waals surface area (Å²) in [6.45, 7) is 1.22. The van der Waals surface area contributed by atoms with Gasteiger partial charge in [0.1, 0.15) is 18.1 Å². The minimum atomic E-state index is -1.45. The van der Waals surface area contributed by atoms with Gasteiger partial charge in [-0.3, -0.25) is 24.0 Å². The first-order valence-corrected chi connectivity index (χ1v) is 11.0. The molecule has 1 heterocycles. The van der Waals surface area contributed by atoms with Crippen LogP contribution in [-0.2, 0) is 30.4 Å². The molecule has 0 aliphatic heterocycles. The standard InChI is InChI=1S/C21H28N6O6S/c1-10(21(32)33)25-19(30)16(7-17(23)28)27-20(31)15(26-18(29)13(22)9-34)6-11-8-24-14-5-3-2-4-12(11)14/h2-5,8,10,13,15-16,24,34H,6-7,9,22H2,1H3,(H2,23,28)(H,25,30)(H,26,29)(H,27,31)(H,32,33). The lowest BCUT2D eigenvalue weighted by atomic mass is 10.0. The third-order valence-corrected chi connectivity index (χ3v) is 5.43. The molecule has 4 atom stereocenters. The molecule has 9 N–H and O–H groups in total. The SMILES string of the molecule is CC(NC(=O)C(CC(N)=O)NC(=O)C(Cc1c[nH]c2ccccc12)NC(=O)C(N)CS)C(=O)O. The van der Waals surface area contributed by atoms with E-state index in [1.807, 2.05) is 24.3 Å². The van der Waals surface area contributed by atoms with Crippen molar-refractivity contribution in [3.8, 4) is 0 Å². The topological polar surface area (TPSA) is 209 Å². The highest BCUT2D eigenvalue weighted by atomic mass is 32.1. The lowest BCUT2D eigenvalue weighted by Crippen LogP contribution is -2.58. The van der Waals surface area contributed by atoms with Crippen molar-refractivity contribution in [3.63, 3.8) is 0 Å². The van der Waals surface area contributed by atoms with E-state index in [1.165, 1.54) is 6.92 Å². The Balaban J connectivity index is 2.28. The molecular formula is C21H28N6O6S. The summed E-state index contributed by atoms with van der Waals surface area (Å²) in [7, 11) is 0. The predicted octanol–water partition coefficient (Wildman–Crippen LogP) is -1.60. The Morgan fingerprint density at radius 2 is 1.65 bits per heavy atom. The van der Waals surface area contributed by atoms with E-state index in [9.17, 15) is 24.0 Å². The Kier molecular flexibility index (Phi) is 9.45. The van der Waals surface area contributed by atoms with Crippen molar-refractivity contribution in [3.05, 3.63) is 36.0 Å². The van der Waals surface area contributed by atoms with E-state index >= 15 is 0 Å². The average molecular weight is 493 g/mol. The quantitative estimate of drug-likeness (QED) is 0.163. The number of primary amides is 1. The molecule has 4 unspecified atom stereocenters. The fraction of sp³-hybridized carbons (Fsp3) is 0.381. The Hall–Kier alpha value is -3.58. The van der Waals surface area contributed by atoms with Crippen LogP contribution in [0.4, 0.5) is 0 Å². The molecule has 1 aromatic heterocycles. The van der Waals surface area contributed by atoms with Crippen molar-refractivity contribution in [2.24, 2.45) is 11.5 Å². The van der Waals surface area contributed by atoms with Gasteiger partial charge in [-0.25, -0.2) is 0 Å². The van der Waals surface area contributed by atoms with Crippen LogP contribution in [0.25, 0.3) is 10.9 Å². The molecule has 0 radical (unpaired) electrons. The number of aromatic nitrogens is 1. The maximum absolute atomic E-state index is 13.1. The maximum atomic E-state index is 13.1. The number of hydrogen-bond donors (Lipinski definition) is 8. The summed E-state index contributed by atoms with van der Waals surface area (Å²) >= 11 is 3.99. The fourth-order valence-corrected chi connectivity index (χ4v) is 3.32. The van der Waals surface area contributed by atoms with Gasteiger partial charge in [-0.1, -0.05) is 18.2 Å². The molecule has 0 aliphatic rings. The molecule has 13 heteroatoms. The van der Waals surface area contributed by atoms with Gasteiger partial charge in [-0.2, -0.15) is 12.6 Å². The number of para-hydroxylation sites is 1. The van der Waals surface area contributed by atoms with Crippen molar-refractivity contribution in [2.45, 2.75) is 43.9 Å². The molecular weight excluding hydrogens is 464 g/mol. The molecule has 1 aromatic carbocycles. The highest BCUT2D eigenvalue weighted by Gasteiger charge is 2.30. The van der Waals surface area contributed by atoms with Gasteiger partial charge >= 0.3 is 5.97 Å². The first-order valence-electron chi connectivity index (χ1n) is 10.4. The van der Waals surface area contributed by atoms with Crippen LogP contribution in [0.15, 0.2) is 30.5 Å². The summed E-state index contributed by atoms with van der Waals surface area (Å²) in [5.41, 5.74) is 12.5. The first kappa shape index (κ1) is 26.7. The number of fused-ring (bicyclic) bond motifs is 1. The highest BCUT2D eigenvalue weighted by molar-refractivity contribution is 7.80. The van der Waals surface area contributed by atoms with Crippen molar-refractivity contribution in [1.82, 2.24) is 20.9 Å².